The first-order chi connectivity index (χ1) is 5.74. The highest BCUT2D eigenvalue weighted by molar-refractivity contribution is 6.30. The van der Waals surface area contributed by atoms with Crippen LogP contribution in [-0.4, -0.2) is 0 Å². The predicted molar refractivity (Wildman–Crippen MR) is 48.4 cm³/mol. The molecule has 0 unspecified atom stereocenters. The van der Waals surface area contributed by atoms with Crippen LogP contribution in [0, 0.1) is 23.2 Å². The smallest absolute Gasteiger partial charge is 0.152 e. The van der Waals surface area contributed by atoms with Crippen molar-refractivity contribution in [1.29, 1.82) is 5.26 Å². The number of hydrogen-bond donors (Lipinski definition) is 1. The van der Waals surface area contributed by atoms with Crippen LogP contribution in [-0.2, 0) is 0 Å². The quantitative estimate of drug-likeness (QED) is 0.484. The van der Waals surface area contributed by atoms with Crippen LogP contribution >= 0.6 is 11.6 Å². The molecule has 3 heteroatoms. The molecule has 0 heterocycles. The molecule has 58 valence electrons. The van der Waals surface area contributed by atoms with Crippen molar-refractivity contribution in [2.45, 2.75) is 0 Å². The van der Waals surface area contributed by atoms with E-state index < -0.39 is 0 Å². The van der Waals surface area contributed by atoms with Crippen molar-refractivity contribution in [2.24, 2.45) is 0 Å². The van der Waals surface area contributed by atoms with E-state index in [-0.39, 0.29) is 0 Å². The third kappa shape index (κ3) is 1.92. The molecule has 0 bridgehead atoms. The average Bonchev–Trinajstić information content (AvgIpc) is 2.03. The van der Waals surface area contributed by atoms with E-state index >= 15 is 0 Å². The molecule has 0 aliphatic carbocycles. The van der Waals surface area contributed by atoms with Crippen LogP contribution in [0.2, 0.25) is 5.02 Å². The molecule has 0 saturated carbocycles. The van der Waals surface area contributed by atoms with Crippen LogP contribution in [0.5, 0.6) is 0 Å². The van der Waals surface area contributed by atoms with Gasteiger partial charge in [0.15, 0.2) is 6.07 Å². The van der Waals surface area contributed by atoms with E-state index in [1.807, 2.05) is 0 Å². The van der Waals surface area contributed by atoms with E-state index in [0.717, 1.165) is 0 Å². The fourth-order valence-corrected chi connectivity index (χ4v) is 0.923. The number of nitrogen functional groups attached to an aromatic ring is 1. The lowest BCUT2D eigenvalue weighted by molar-refractivity contribution is 1.55. The normalized spacial score (nSPS) is 8.00. The maximum atomic E-state index is 8.18. The van der Waals surface area contributed by atoms with E-state index in [4.69, 9.17) is 22.6 Å². The first kappa shape index (κ1) is 8.46. The first-order valence-corrected chi connectivity index (χ1v) is 3.57. The Morgan fingerprint density at radius 3 is 2.75 bits per heavy atom. The van der Waals surface area contributed by atoms with Crippen LogP contribution in [0.15, 0.2) is 18.2 Å². The number of nitrogens with zero attached hydrogens (tertiary/aromatic N) is 1. The van der Waals surface area contributed by atoms with Gasteiger partial charge in [-0.2, -0.15) is 5.26 Å². The van der Waals surface area contributed by atoms with E-state index in [1.54, 1.807) is 24.3 Å². The molecule has 1 rings (SSSR count). The van der Waals surface area contributed by atoms with E-state index in [2.05, 4.69) is 11.8 Å². The molecular formula is C9H5ClN2. The molecule has 2 nitrogen and oxygen atoms in total. The van der Waals surface area contributed by atoms with Gasteiger partial charge in [-0.05, 0) is 24.1 Å². The van der Waals surface area contributed by atoms with Gasteiger partial charge >= 0.3 is 0 Å². The van der Waals surface area contributed by atoms with Crippen molar-refractivity contribution >= 4 is 17.3 Å². The Balaban J connectivity index is 3.12. The Labute approximate surface area is 75.6 Å². The van der Waals surface area contributed by atoms with Crippen molar-refractivity contribution in [2.75, 3.05) is 5.73 Å². The van der Waals surface area contributed by atoms with Crippen LogP contribution in [0.4, 0.5) is 5.69 Å². The summed E-state index contributed by atoms with van der Waals surface area (Å²) in [7, 11) is 0. The Morgan fingerprint density at radius 2 is 2.17 bits per heavy atom. The van der Waals surface area contributed by atoms with Gasteiger partial charge in [0.25, 0.3) is 0 Å². The average molecular weight is 177 g/mol. The summed E-state index contributed by atoms with van der Waals surface area (Å²) in [5, 5.41) is 8.75. The van der Waals surface area contributed by atoms with Gasteiger partial charge in [-0.15, -0.1) is 0 Å². The van der Waals surface area contributed by atoms with Crippen LogP contribution < -0.4 is 5.73 Å². The van der Waals surface area contributed by atoms with Gasteiger partial charge in [0.05, 0.1) is 0 Å². The van der Waals surface area contributed by atoms with Gasteiger partial charge in [-0.25, -0.2) is 0 Å². The molecule has 1 aromatic rings. The van der Waals surface area contributed by atoms with E-state index in [9.17, 15) is 0 Å². The number of hydrogen-bond acceptors (Lipinski definition) is 2. The minimum absolute atomic E-state index is 0.491. The van der Waals surface area contributed by atoms with Crippen molar-refractivity contribution in [3.05, 3.63) is 28.8 Å². The molecule has 0 atom stereocenters. The second-order valence-electron chi connectivity index (χ2n) is 2.09. The van der Waals surface area contributed by atoms with Crippen LogP contribution in [0.25, 0.3) is 0 Å². The Bertz CT molecular complexity index is 393. The Hall–Kier alpha value is -1.64. The van der Waals surface area contributed by atoms with Crippen molar-refractivity contribution < 1.29 is 0 Å². The van der Waals surface area contributed by atoms with Gasteiger partial charge in [0.1, 0.15) is 0 Å². The van der Waals surface area contributed by atoms with Gasteiger partial charge in [-0.1, -0.05) is 11.6 Å². The summed E-state index contributed by atoms with van der Waals surface area (Å²) < 4.78 is 0. The largest absolute Gasteiger partial charge is 0.398 e. The number of anilines is 1. The monoisotopic (exact) mass is 176 g/mol. The zero-order chi connectivity index (χ0) is 8.97. The second-order valence-corrected chi connectivity index (χ2v) is 2.53. The van der Waals surface area contributed by atoms with E-state index in [1.165, 1.54) is 0 Å². The zero-order valence-corrected chi connectivity index (χ0v) is 6.89. The lowest BCUT2D eigenvalue weighted by atomic mass is 10.2. The number of halogens is 1. The van der Waals surface area contributed by atoms with Crippen molar-refractivity contribution in [3.8, 4) is 17.9 Å². The number of benzene rings is 1. The maximum absolute atomic E-state index is 8.18. The van der Waals surface area contributed by atoms with Crippen molar-refractivity contribution in [3.63, 3.8) is 0 Å². The minimum Gasteiger partial charge on any atom is -0.398 e. The summed E-state index contributed by atoms with van der Waals surface area (Å²) in [5.74, 6) is 4.85. The summed E-state index contributed by atoms with van der Waals surface area (Å²) in [6, 6.07) is 6.67. The van der Waals surface area contributed by atoms with Gasteiger partial charge in [0.2, 0.25) is 0 Å². The molecule has 0 aliphatic rings. The topological polar surface area (TPSA) is 49.8 Å². The van der Waals surface area contributed by atoms with Crippen molar-refractivity contribution in [1.82, 2.24) is 0 Å². The lowest BCUT2D eigenvalue weighted by Crippen LogP contribution is -1.88. The molecule has 0 fully saturated rings. The maximum Gasteiger partial charge on any atom is 0.152 e. The molecule has 0 aliphatic heterocycles. The van der Waals surface area contributed by atoms with Crippen LogP contribution in [0.1, 0.15) is 5.56 Å². The fourth-order valence-electron chi connectivity index (χ4n) is 0.743. The summed E-state index contributed by atoms with van der Waals surface area (Å²) in [6.07, 6.45) is 0. The second kappa shape index (κ2) is 3.67. The number of rotatable bonds is 0. The fraction of sp³-hybridized carbons (Fsp3) is 0. The molecule has 0 radical (unpaired) electrons. The van der Waals surface area contributed by atoms with Crippen LogP contribution in [0.3, 0.4) is 0 Å². The molecule has 0 aromatic heterocycles. The predicted octanol–water partition coefficient (Wildman–Crippen LogP) is 1.80. The molecule has 2 N–H and O–H groups in total. The summed E-state index contributed by atoms with van der Waals surface area (Å²) in [6.45, 7) is 0. The lowest BCUT2D eigenvalue weighted by Gasteiger charge is -1.96. The minimum atomic E-state index is 0.491. The molecule has 0 spiro atoms. The molecule has 12 heavy (non-hydrogen) atoms. The Kier molecular flexibility index (Phi) is 2.58. The third-order valence-corrected chi connectivity index (χ3v) is 1.50. The number of nitriles is 1. The third-order valence-electron chi connectivity index (χ3n) is 1.27. The van der Waals surface area contributed by atoms with Gasteiger partial charge < -0.3 is 5.73 Å². The van der Waals surface area contributed by atoms with E-state index in [0.29, 0.717) is 16.3 Å². The van der Waals surface area contributed by atoms with Gasteiger partial charge in [-0.3, -0.25) is 0 Å². The van der Waals surface area contributed by atoms with Gasteiger partial charge in [0, 0.05) is 22.2 Å². The summed E-state index contributed by atoms with van der Waals surface area (Å²) in [4.78, 5) is 0. The molecule has 0 amide bonds. The highest BCUT2D eigenvalue weighted by Crippen LogP contribution is 2.16. The zero-order valence-electron chi connectivity index (χ0n) is 6.13. The molecule has 1 aromatic carbocycles. The standard InChI is InChI=1S/C9H5ClN2/c10-8-4-3-7(2-1-5-11)9(12)6-8/h3-4,6H,12H2. The summed E-state index contributed by atoms with van der Waals surface area (Å²) >= 11 is 5.66. The summed E-state index contributed by atoms with van der Waals surface area (Å²) in [5.41, 5.74) is 6.68. The Morgan fingerprint density at radius 1 is 1.42 bits per heavy atom. The highest BCUT2D eigenvalue weighted by Gasteiger charge is 1.94. The highest BCUT2D eigenvalue weighted by atomic mass is 35.5. The molecular weight excluding hydrogens is 172 g/mol. The number of nitrogens with two attached hydrogens (primary N) is 1. The molecule has 0 saturated heterocycles. The first-order valence-electron chi connectivity index (χ1n) is 3.19. The SMILES string of the molecule is N#CC#Cc1ccc(Cl)cc1N.